The molecule has 0 fully saturated rings. The zero-order chi connectivity index (χ0) is 11.8. The fourth-order valence-electron chi connectivity index (χ4n) is 0.217. The van der Waals surface area contributed by atoms with Crippen LogP contribution in [0.4, 0.5) is 13.2 Å². The summed E-state index contributed by atoms with van der Waals surface area (Å²) >= 11 is 0. The molecular formula is C5H9F3N2O4. The maximum absolute atomic E-state index is 10.9. The number of carboxylic acids is 1. The van der Waals surface area contributed by atoms with Crippen molar-refractivity contribution in [3.05, 3.63) is 0 Å². The van der Waals surface area contributed by atoms with Crippen molar-refractivity contribution >= 4 is 11.9 Å². The predicted molar refractivity (Wildman–Crippen MR) is 37.3 cm³/mol. The smallest absolute Gasteiger partial charge is 0.399 e. The van der Waals surface area contributed by atoms with Crippen molar-refractivity contribution in [3.8, 4) is 0 Å². The summed E-state index contributed by atoms with van der Waals surface area (Å²) in [5.74, 6) is -2.42. The summed E-state index contributed by atoms with van der Waals surface area (Å²) in [6.07, 6.45) is -6.33. The molecule has 0 aromatic heterocycles. The number of carbonyl (C=O) groups excluding carboxylic acids is 1. The van der Waals surface area contributed by atoms with Crippen molar-refractivity contribution in [2.24, 2.45) is 5.73 Å². The monoisotopic (exact) mass is 218 g/mol. The minimum atomic E-state index is -4.58. The lowest BCUT2D eigenvalue weighted by Gasteiger charge is -1.98. The van der Waals surface area contributed by atoms with Crippen LogP contribution in [0.15, 0.2) is 0 Å². The van der Waals surface area contributed by atoms with Crippen LogP contribution in [0.1, 0.15) is 6.42 Å². The molecule has 0 aliphatic carbocycles. The normalized spacial score (nSPS) is 9.79. The van der Waals surface area contributed by atoms with Crippen LogP contribution in [-0.4, -0.2) is 34.9 Å². The molecule has 1 amide bonds. The van der Waals surface area contributed by atoms with Crippen LogP contribution < -0.4 is 11.2 Å². The minimum absolute atomic E-state index is 0.170. The third-order valence-corrected chi connectivity index (χ3v) is 0.662. The third-order valence-electron chi connectivity index (χ3n) is 0.662. The number of carbonyl (C=O) groups is 2. The molecule has 0 heterocycles. The Hall–Kier alpha value is -1.35. The number of amides is 1. The molecule has 84 valence electrons. The highest BCUT2D eigenvalue weighted by molar-refractivity contribution is 5.76. The number of nitrogens with one attached hydrogen (secondary N) is 1. The van der Waals surface area contributed by atoms with E-state index in [-0.39, 0.29) is 6.54 Å². The largest absolute Gasteiger partial charge is 0.481 e. The molecule has 0 aromatic carbocycles. The summed E-state index contributed by atoms with van der Waals surface area (Å²) in [7, 11) is 0. The first-order chi connectivity index (χ1) is 6.22. The van der Waals surface area contributed by atoms with Gasteiger partial charge in [-0.2, -0.15) is 13.2 Å². The highest BCUT2D eigenvalue weighted by atomic mass is 19.4. The maximum atomic E-state index is 10.9. The molecule has 0 saturated carbocycles. The van der Waals surface area contributed by atoms with Gasteiger partial charge in [-0.3, -0.25) is 14.8 Å². The Kier molecular flexibility index (Phi) is 7.67. The maximum Gasteiger partial charge on any atom is 0.399 e. The van der Waals surface area contributed by atoms with Gasteiger partial charge in [0, 0.05) is 0 Å². The molecule has 0 spiro atoms. The summed E-state index contributed by atoms with van der Waals surface area (Å²) in [5.41, 5.74) is 6.06. The number of hydrogen-bond donors (Lipinski definition) is 4. The molecule has 9 heteroatoms. The fraction of sp³-hybridized carbons (Fsp3) is 0.600. The topological polar surface area (TPSA) is 113 Å². The number of hydroxylamine groups is 1. The van der Waals surface area contributed by atoms with Crippen LogP contribution >= 0.6 is 0 Å². The van der Waals surface area contributed by atoms with E-state index in [1.54, 1.807) is 0 Å². The first-order valence-electron chi connectivity index (χ1n) is 3.14. The van der Waals surface area contributed by atoms with E-state index in [1.807, 2.05) is 0 Å². The van der Waals surface area contributed by atoms with Crippen LogP contribution in [0, 0.1) is 0 Å². The second kappa shape index (κ2) is 7.09. The van der Waals surface area contributed by atoms with Gasteiger partial charge in [-0.05, 0) is 0 Å². The van der Waals surface area contributed by atoms with Gasteiger partial charge in [-0.1, -0.05) is 0 Å². The zero-order valence-electron chi connectivity index (χ0n) is 6.84. The number of carboxylic acid groups (broad SMARTS) is 1. The zero-order valence-corrected chi connectivity index (χ0v) is 6.84. The van der Waals surface area contributed by atoms with Crippen LogP contribution in [0.25, 0.3) is 0 Å². The molecule has 0 atom stereocenters. The van der Waals surface area contributed by atoms with E-state index in [0.29, 0.717) is 0 Å². The first-order valence-corrected chi connectivity index (χ1v) is 3.14. The number of halogens is 3. The highest BCUT2D eigenvalue weighted by Gasteiger charge is 2.30. The molecule has 14 heavy (non-hydrogen) atoms. The Morgan fingerprint density at radius 3 is 1.79 bits per heavy atom. The second-order valence-electron chi connectivity index (χ2n) is 1.92. The standard InChI is InChI=1S/C3H3F3O2.C2H6N2O2/c4-3(5,6)1-2(7)8;3-1-2(5)4-6/h1H2,(H,7,8);6H,1,3H2,(H,4,5). The van der Waals surface area contributed by atoms with Crippen molar-refractivity contribution in [2.75, 3.05) is 6.54 Å². The number of hydrogen-bond acceptors (Lipinski definition) is 4. The van der Waals surface area contributed by atoms with Crippen LogP contribution in [0.5, 0.6) is 0 Å². The van der Waals surface area contributed by atoms with Gasteiger partial charge in [-0.15, -0.1) is 0 Å². The number of rotatable bonds is 2. The lowest BCUT2D eigenvalue weighted by atomic mass is 10.4. The predicted octanol–water partition coefficient (Wildman–Crippen LogP) is -0.526. The van der Waals surface area contributed by atoms with Gasteiger partial charge in [0.25, 0.3) is 5.91 Å². The molecule has 0 aliphatic rings. The van der Waals surface area contributed by atoms with E-state index in [0.717, 1.165) is 0 Å². The number of nitrogens with two attached hydrogens (primary N) is 1. The van der Waals surface area contributed by atoms with Gasteiger partial charge in [-0.25, -0.2) is 5.48 Å². The number of aliphatic carboxylic acids is 1. The Morgan fingerprint density at radius 1 is 1.36 bits per heavy atom. The van der Waals surface area contributed by atoms with Gasteiger partial charge in [0.1, 0.15) is 6.42 Å². The molecule has 5 N–H and O–H groups in total. The summed E-state index contributed by atoms with van der Waals surface area (Å²) in [5, 5.41) is 15.2. The van der Waals surface area contributed by atoms with Crippen LogP contribution in [0.3, 0.4) is 0 Å². The number of alkyl halides is 3. The quantitative estimate of drug-likeness (QED) is 0.367. The van der Waals surface area contributed by atoms with Crippen molar-refractivity contribution in [1.82, 2.24) is 5.48 Å². The summed E-state index contributed by atoms with van der Waals surface area (Å²) in [6.45, 7) is -0.170. The van der Waals surface area contributed by atoms with Crippen LogP contribution in [0.2, 0.25) is 0 Å². The molecule has 0 aromatic rings. The summed E-state index contributed by atoms with van der Waals surface area (Å²) < 4.78 is 32.8. The molecule has 6 nitrogen and oxygen atoms in total. The lowest BCUT2D eigenvalue weighted by Crippen LogP contribution is -2.26. The Labute approximate surface area is 76.5 Å². The van der Waals surface area contributed by atoms with Gasteiger partial charge in [0.2, 0.25) is 0 Å². The fourth-order valence-corrected chi connectivity index (χ4v) is 0.217. The minimum Gasteiger partial charge on any atom is -0.481 e. The molecule has 0 bridgehead atoms. The van der Waals surface area contributed by atoms with E-state index in [1.165, 1.54) is 5.48 Å². The van der Waals surface area contributed by atoms with E-state index >= 15 is 0 Å². The van der Waals surface area contributed by atoms with E-state index in [4.69, 9.17) is 16.0 Å². The van der Waals surface area contributed by atoms with Crippen LogP contribution in [-0.2, 0) is 9.59 Å². The molecule has 0 unspecified atom stereocenters. The van der Waals surface area contributed by atoms with Gasteiger partial charge >= 0.3 is 12.1 Å². The third kappa shape index (κ3) is 16.9. The van der Waals surface area contributed by atoms with E-state index < -0.39 is 24.5 Å². The first kappa shape index (κ1) is 15.1. The van der Waals surface area contributed by atoms with Crippen molar-refractivity contribution in [1.29, 1.82) is 0 Å². The van der Waals surface area contributed by atoms with E-state index in [9.17, 15) is 22.8 Å². The van der Waals surface area contributed by atoms with Crippen molar-refractivity contribution in [2.45, 2.75) is 12.6 Å². The van der Waals surface area contributed by atoms with Gasteiger partial charge < -0.3 is 10.8 Å². The van der Waals surface area contributed by atoms with Gasteiger partial charge in [0.15, 0.2) is 0 Å². The molecule has 0 saturated heterocycles. The van der Waals surface area contributed by atoms with Crippen molar-refractivity contribution < 1.29 is 33.1 Å². The van der Waals surface area contributed by atoms with Crippen molar-refractivity contribution in [3.63, 3.8) is 0 Å². The molecule has 0 aliphatic heterocycles. The van der Waals surface area contributed by atoms with E-state index in [2.05, 4.69) is 0 Å². The Bertz CT molecular complexity index is 188. The average molecular weight is 218 g/mol. The van der Waals surface area contributed by atoms with Gasteiger partial charge in [0.05, 0.1) is 6.54 Å². The second-order valence-corrected chi connectivity index (χ2v) is 1.92. The summed E-state index contributed by atoms with van der Waals surface area (Å²) in [6, 6.07) is 0. The lowest BCUT2D eigenvalue weighted by molar-refractivity contribution is -0.166. The molecule has 0 radical (unpaired) electrons. The highest BCUT2D eigenvalue weighted by Crippen LogP contribution is 2.18. The Morgan fingerprint density at radius 2 is 1.79 bits per heavy atom. The molecular weight excluding hydrogens is 209 g/mol. The SMILES string of the molecule is NCC(=O)NO.O=C(O)CC(F)(F)F. The average Bonchev–Trinajstić information content (AvgIpc) is 1.99. The summed E-state index contributed by atoms with van der Waals surface area (Å²) in [4.78, 5) is 19.0. The molecule has 0 rings (SSSR count). The Balaban J connectivity index is 0.